The minimum absolute atomic E-state index is 0.283. The van der Waals surface area contributed by atoms with Gasteiger partial charge in [0.1, 0.15) is 12.4 Å². The first kappa shape index (κ1) is 13.8. The molecule has 2 nitrogen and oxygen atoms in total. The van der Waals surface area contributed by atoms with Crippen molar-refractivity contribution in [1.82, 2.24) is 5.32 Å². The van der Waals surface area contributed by atoms with E-state index in [0.717, 1.165) is 22.3 Å². The second kappa shape index (κ2) is 7.17. The molecule has 1 N–H and O–H groups in total. The van der Waals surface area contributed by atoms with Crippen LogP contribution in [0, 0.1) is 0 Å². The first-order valence-electron chi connectivity index (χ1n) is 4.68. The summed E-state index contributed by atoms with van der Waals surface area (Å²) in [6.07, 6.45) is 0. The summed E-state index contributed by atoms with van der Waals surface area (Å²) in [4.78, 5) is 0. The van der Waals surface area contributed by atoms with Crippen LogP contribution in [-0.2, 0) is 6.54 Å². The molecule has 0 unspecified atom stereocenters. The SMILES string of the molecule is CNCc1cc(OC/C(Cl)=C/Cl)ccc1Br. The fourth-order valence-corrected chi connectivity index (χ4v) is 1.65. The van der Waals surface area contributed by atoms with E-state index in [1.54, 1.807) is 0 Å². The van der Waals surface area contributed by atoms with Gasteiger partial charge in [-0.2, -0.15) is 0 Å². The van der Waals surface area contributed by atoms with Gasteiger partial charge in [-0.3, -0.25) is 0 Å². The summed E-state index contributed by atoms with van der Waals surface area (Å²) in [6, 6.07) is 5.78. The van der Waals surface area contributed by atoms with E-state index in [-0.39, 0.29) is 6.61 Å². The molecule has 0 aromatic heterocycles. The van der Waals surface area contributed by atoms with E-state index in [1.165, 1.54) is 5.54 Å². The van der Waals surface area contributed by atoms with E-state index in [2.05, 4.69) is 21.2 Å². The molecule has 1 rings (SSSR count). The number of hydrogen-bond acceptors (Lipinski definition) is 2. The van der Waals surface area contributed by atoms with Gasteiger partial charge in [0.05, 0.1) is 5.03 Å². The molecule has 0 heterocycles. The maximum absolute atomic E-state index is 5.73. The molecular weight excluding hydrogens is 313 g/mol. The molecule has 0 saturated carbocycles. The predicted octanol–water partition coefficient (Wildman–Crippen LogP) is 3.87. The normalized spacial score (nSPS) is 11.6. The maximum atomic E-state index is 5.73. The highest BCUT2D eigenvalue weighted by Gasteiger charge is 2.02. The zero-order valence-corrected chi connectivity index (χ0v) is 11.9. The van der Waals surface area contributed by atoms with Crippen LogP contribution in [0.1, 0.15) is 5.56 Å². The lowest BCUT2D eigenvalue weighted by molar-refractivity contribution is 0.359. The van der Waals surface area contributed by atoms with Crippen molar-refractivity contribution < 1.29 is 4.74 Å². The van der Waals surface area contributed by atoms with Crippen LogP contribution in [0.4, 0.5) is 0 Å². The molecule has 0 fully saturated rings. The summed E-state index contributed by atoms with van der Waals surface area (Å²) in [5, 5.41) is 3.56. The molecule has 0 atom stereocenters. The number of ether oxygens (including phenoxy) is 1. The summed E-state index contributed by atoms with van der Waals surface area (Å²) >= 11 is 14.6. The van der Waals surface area contributed by atoms with Crippen LogP contribution in [0.2, 0.25) is 0 Å². The molecule has 0 radical (unpaired) electrons. The van der Waals surface area contributed by atoms with Gasteiger partial charge in [-0.05, 0) is 30.8 Å². The molecule has 0 aliphatic heterocycles. The van der Waals surface area contributed by atoms with Gasteiger partial charge >= 0.3 is 0 Å². The Balaban J connectivity index is 2.70. The second-order valence-electron chi connectivity index (χ2n) is 3.13. The van der Waals surface area contributed by atoms with Gasteiger partial charge in [-0.1, -0.05) is 39.1 Å². The van der Waals surface area contributed by atoms with E-state index in [1.807, 2.05) is 25.2 Å². The van der Waals surface area contributed by atoms with E-state index in [4.69, 9.17) is 27.9 Å². The Bertz CT molecular complexity index is 382. The van der Waals surface area contributed by atoms with Gasteiger partial charge in [-0.15, -0.1) is 0 Å². The zero-order valence-electron chi connectivity index (χ0n) is 8.77. The minimum Gasteiger partial charge on any atom is -0.488 e. The summed E-state index contributed by atoms with van der Waals surface area (Å²) in [7, 11) is 1.90. The summed E-state index contributed by atoms with van der Waals surface area (Å²) in [6.45, 7) is 1.06. The van der Waals surface area contributed by atoms with E-state index in [0.29, 0.717) is 5.03 Å². The summed E-state index contributed by atoms with van der Waals surface area (Å²) in [5.41, 5.74) is 2.43. The van der Waals surface area contributed by atoms with E-state index in [9.17, 15) is 0 Å². The van der Waals surface area contributed by atoms with Crippen molar-refractivity contribution in [2.45, 2.75) is 6.54 Å². The predicted molar refractivity (Wildman–Crippen MR) is 72.2 cm³/mol. The lowest BCUT2D eigenvalue weighted by Crippen LogP contribution is -2.06. The number of hydrogen-bond donors (Lipinski definition) is 1. The third-order valence-electron chi connectivity index (χ3n) is 1.88. The topological polar surface area (TPSA) is 21.3 Å². The minimum atomic E-state index is 0.283. The second-order valence-corrected chi connectivity index (χ2v) is 4.69. The van der Waals surface area contributed by atoms with Gasteiger partial charge in [0.25, 0.3) is 0 Å². The molecular formula is C11H12BrCl2NO. The van der Waals surface area contributed by atoms with Crippen molar-refractivity contribution in [2.75, 3.05) is 13.7 Å². The molecule has 1 aromatic rings. The van der Waals surface area contributed by atoms with E-state index < -0.39 is 0 Å². The molecule has 0 saturated heterocycles. The maximum Gasteiger partial charge on any atom is 0.125 e. The van der Waals surface area contributed by atoms with Gasteiger partial charge in [0.15, 0.2) is 0 Å². The summed E-state index contributed by atoms with van der Waals surface area (Å²) < 4.78 is 6.52. The van der Waals surface area contributed by atoms with Gasteiger partial charge < -0.3 is 10.1 Å². The fraction of sp³-hybridized carbons (Fsp3) is 0.273. The quantitative estimate of drug-likeness (QED) is 0.887. The first-order valence-corrected chi connectivity index (χ1v) is 6.28. The van der Waals surface area contributed by atoms with Crippen LogP contribution >= 0.6 is 39.1 Å². The van der Waals surface area contributed by atoms with Crippen molar-refractivity contribution in [3.05, 3.63) is 38.8 Å². The van der Waals surface area contributed by atoms with Crippen LogP contribution in [-0.4, -0.2) is 13.7 Å². The molecule has 88 valence electrons. The standard InChI is InChI=1S/C11H12BrCl2NO/c1-15-6-8-4-10(2-3-11(8)12)16-7-9(14)5-13/h2-5,15H,6-7H2,1H3/b9-5-. The highest BCUT2D eigenvalue weighted by Crippen LogP contribution is 2.23. The molecule has 0 aliphatic carbocycles. The van der Waals surface area contributed by atoms with Crippen molar-refractivity contribution in [3.8, 4) is 5.75 Å². The Morgan fingerprint density at radius 2 is 2.31 bits per heavy atom. The van der Waals surface area contributed by atoms with Crippen LogP contribution in [0.5, 0.6) is 5.75 Å². The van der Waals surface area contributed by atoms with E-state index >= 15 is 0 Å². The van der Waals surface area contributed by atoms with Crippen LogP contribution in [0.15, 0.2) is 33.2 Å². The van der Waals surface area contributed by atoms with Crippen LogP contribution in [0.25, 0.3) is 0 Å². The molecule has 0 spiro atoms. The largest absolute Gasteiger partial charge is 0.488 e. The Hall–Kier alpha value is -0.220. The van der Waals surface area contributed by atoms with Gasteiger partial charge in [0.2, 0.25) is 0 Å². The molecule has 16 heavy (non-hydrogen) atoms. The monoisotopic (exact) mass is 323 g/mol. The fourth-order valence-electron chi connectivity index (χ4n) is 1.15. The van der Waals surface area contributed by atoms with Gasteiger partial charge in [-0.25, -0.2) is 0 Å². The molecule has 5 heteroatoms. The number of rotatable bonds is 5. The highest BCUT2D eigenvalue weighted by atomic mass is 79.9. The molecule has 0 aliphatic rings. The van der Waals surface area contributed by atoms with Crippen LogP contribution in [0.3, 0.4) is 0 Å². The molecule has 0 bridgehead atoms. The average molecular weight is 325 g/mol. The Morgan fingerprint density at radius 3 is 2.94 bits per heavy atom. The third-order valence-corrected chi connectivity index (χ3v) is 3.25. The smallest absolute Gasteiger partial charge is 0.125 e. The molecule has 1 aromatic carbocycles. The zero-order chi connectivity index (χ0) is 12.0. The average Bonchev–Trinajstić information content (AvgIpc) is 2.30. The summed E-state index contributed by atoms with van der Waals surface area (Å²) in [5.74, 6) is 0.769. The number of nitrogens with one attached hydrogen (secondary N) is 1. The van der Waals surface area contributed by atoms with Gasteiger partial charge in [0, 0.05) is 16.6 Å². The van der Waals surface area contributed by atoms with Crippen LogP contribution < -0.4 is 10.1 Å². The molecule has 0 amide bonds. The number of halogens is 3. The Kier molecular flexibility index (Phi) is 6.21. The Morgan fingerprint density at radius 1 is 1.56 bits per heavy atom. The van der Waals surface area contributed by atoms with Crippen molar-refractivity contribution >= 4 is 39.1 Å². The highest BCUT2D eigenvalue weighted by molar-refractivity contribution is 9.10. The third kappa shape index (κ3) is 4.34. The van der Waals surface area contributed by atoms with Crippen molar-refractivity contribution in [3.63, 3.8) is 0 Å². The Labute approximate surface area is 114 Å². The van der Waals surface area contributed by atoms with Crippen molar-refractivity contribution in [1.29, 1.82) is 0 Å². The number of benzene rings is 1. The lowest BCUT2D eigenvalue weighted by atomic mass is 10.2. The van der Waals surface area contributed by atoms with Crippen molar-refractivity contribution in [2.24, 2.45) is 0 Å². The first-order chi connectivity index (χ1) is 7.67. The lowest BCUT2D eigenvalue weighted by Gasteiger charge is -2.09.